The van der Waals surface area contributed by atoms with E-state index in [0.717, 1.165) is 27.4 Å². The number of anilines is 1. The molecule has 106 valence electrons. The standard InChI is InChI=1S/C16H20ClN3/c1-11-7-8-13(10-15(11)17)16(19-18)12-5-4-6-14(9-12)20(2)3/h4-10,16,19H,18H2,1-3H3. The van der Waals surface area contributed by atoms with Crippen LogP contribution in [0.1, 0.15) is 22.7 Å². The number of hydrogen-bond acceptors (Lipinski definition) is 3. The Labute approximate surface area is 125 Å². The van der Waals surface area contributed by atoms with Crippen molar-refractivity contribution in [1.82, 2.24) is 5.43 Å². The molecule has 0 amide bonds. The minimum atomic E-state index is -0.0759. The van der Waals surface area contributed by atoms with Gasteiger partial charge in [0.15, 0.2) is 0 Å². The molecule has 0 aromatic heterocycles. The van der Waals surface area contributed by atoms with Gasteiger partial charge in [-0.2, -0.15) is 0 Å². The van der Waals surface area contributed by atoms with Gasteiger partial charge >= 0.3 is 0 Å². The van der Waals surface area contributed by atoms with Crippen molar-refractivity contribution in [3.8, 4) is 0 Å². The van der Waals surface area contributed by atoms with Crippen LogP contribution < -0.4 is 16.2 Å². The van der Waals surface area contributed by atoms with Gasteiger partial charge in [-0.1, -0.05) is 35.9 Å². The number of halogens is 1. The maximum Gasteiger partial charge on any atom is 0.0711 e. The molecule has 4 heteroatoms. The molecular formula is C16H20ClN3. The SMILES string of the molecule is Cc1ccc(C(NN)c2cccc(N(C)C)c2)cc1Cl. The van der Waals surface area contributed by atoms with Crippen molar-refractivity contribution in [3.05, 3.63) is 64.2 Å². The van der Waals surface area contributed by atoms with E-state index in [1.807, 2.05) is 45.3 Å². The van der Waals surface area contributed by atoms with Gasteiger partial charge in [0.2, 0.25) is 0 Å². The molecule has 2 rings (SSSR count). The van der Waals surface area contributed by atoms with E-state index in [1.165, 1.54) is 0 Å². The number of hydrogen-bond donors (Lipinski definition) is 2. The molecule has 0 fully saturated rings. The summed E-state index contributed by atoms with van der Waals surface area (Å²) in [5.74, 6) is 5.74. The van der Waals surface area contributed by atoms with Crippen LogP contribution in [0.25, 0.3) is 0 Å². The Morgan fingerprint density at radius 1 is 1.10 bits per heavy atom. The average Bonchev–Trinajstić information content (AvgIpc) is 2.44. The summed E-state index contributed by atoms with van der Waals surface area (Å²) in [6.07, 6.45) is 0. The van der Waals surface area contributed by atoms with Crippen molar-refractivity contribution in [2.45, 2.75) is 13.0 Å². The summed E-state index contributed by atoms with van der Waals surface area (Å²) in [6.45, 7) is 1.99. The number of rotatable bonds is 4. The molecule has 0 radical (unpaired) electrons. The summed E-state index contributed by atoms with van der Waals surface area (Å²) in [7, 11) is 4.04. The quantitative estimate of drug-likeness (QED) is 0.670. The Hall–Kier alpha value is -1.55. The smallest absolute Gasteiger partial charge is 0.0711 e. The molecule has 0 saturated heterocycles. The van der Waals surface area contributed by atoms with Gasteiger partial charge in [-0.05, 0) is 41.8 Å². The number of nitrogens with two attached hydrogens (primary N) is 1. The number of benzene rings is 2. The minimum absolute atomic E-state index is 0.0759. The zero-order chi connectivity index (χ0) is 14.7. The van der Waals surface area contributed by atoms with E-state index < -0.39 is 0 Å². The first-order valence-corrected chi connectivity index (χ1v) is 6.90. The van der Waals surface area contributed by atoms with Crippen LogP contribution in [0.2, 0.25) is 5.02 Å². The fourth-order valence-corrected chi connectivity index (χ4v) is 2.35. The number of hydrazine groups is 1. The van der Waals surface area contributed by atoms with E-state index >= 15 is 0 Å². The predicted molar refractivity (Wildman–Crippen MR) is 86.1 cm³/mol. The van der Waals surface area contributed by atoms with Gasteiger partial charge in [-0.15, -0.1) is 0 Å². The first-order chi connectivity index (χ1) is 9.52. The number of nitrogens with zero attached hydrogens (tertiary/aromatic N) is 1. The van der Waals surface area contributed by atoms with Crippen LogP contribution in [-0.4, -0.2) is 14.1 Å². The second-order valence-corrected chi connectivity index (χ2v) is 5.50. The molecule has 0 spiro atoms. The van der Waals surface area contributed by atoms with Crippen molar-refractivity contribution in [3.63, 3.8) is 0 Å². The molecule has 1 atom stereocenters. The van der Waals surface area contributed by atoms with Gasteiger partial charge < -0.3 is 4.90 Å². The van der Waals surface area contributed by atoms with Crippen molar-refractivity contribution in [2.24, 2.45) is 5.84 Å². The Bertz CT molecular complexity index is 596. The molecule has 0 saturated carbocycles. The predicted octanol–water partition coefficient (Wildman–Crippen LogP) is 3.27. The van der Waals surface area contributed by atoms with Gasteiger partial charge in [0.1, 0.15) is 0 Å². The van der Waals surface area contributed by atoms with Crippen LogP contribution in [0, 0.1) is 6.92 Å². The monoisotopic (exact) mass is 289 g/mol. The van der Waals surface area contributed by atoms with E-state index in [-0.39, 0.29) is 6.04 Å². The highest BCUT2D eigenvalue weighted by atomic mass is 35.5. The fraction of sp³-hybridized carbons (Fsp3) is 0.250. The maximum atomic E-state index is 6.21. The highest BCUT2D eigenvalue weighted by molar-refractivity contribution is 6.31. The zero-order valence-electron chi connectivity index (χ0n) is 12.0. The van der Waals surface area contributed by atoms with Crippen LogP contribution in [0.4, 0.5) is 5.69 Å². The van der Waals surface area contributed by atoms with E-state index in [1.54, 1.807) is 0 Å². The lowest BCUT2D eigenvalue weighted by molar-refractivity contribution is 0.637. The van der Waals surface area contributed by atoms with Gasteiger partial charge in [0, 0.05) is 24.8 Å². The third kappa shape index (κ3) is 3.12. The molecular weight excluding hydrogens is 270 g/mol. The highest BCUT2D eigenvalue weighted by Gasteiger charge is 2.14. The normalized spacial score (nSPS) is 12.2. The molecule has 0 aliphatic carbocycles. The Morgan fingerprint density at radius 3 is 2.40 bits per heavy atom. The summed E-state index contributed by atoms with van der Waals surface area (Å²) in [5, 5.41) is 0.756. The molecule has 0 heterocycles. The largest absolute Gasteiger partial charge is 0.378 e. The van der Waals surface area contributed by atoms with Crippen LogP contribution in [0.3, 0.4) is 0 Å². The van der Waals surface area contributed by atoms with Crippen LogP contribution in [0.15, 0.2) is 42.5 Å². The second kappa shape index (κ2) is 6.27. The summed E-state index contributed by atoms with van der Waals surface area (Å²) in [5.41, 5.74) is 7.24. The van der Waals surface area contributed by atoms with E-state index in [2.05, 4.69) is 28.5 Å². The van der Waals surface area contributed by atoms with Crippen molar-refractivity contribution in [2.75, 3.05) is 19.0 Å². The molecule has 2 aromatic carbocycles. The minimum Gasteiger partial charge on any atom is -0.378 e. The van der Waals surface area contributed by atoms with Gasteiger partial charge in [0.25, 0.3) is 0 Å². The van der Waals surface area contributed by atoms with E-state index in [4.69, 9.17) is 17.4 Å². The van der Waals surface area contributed by atoms with Crippen molar-refractivity contribution in [1.29, 1.82) is 0 Å². The molecule has 2 aromatic rings. The van der Waals surface area contributed by atoms with Gasteiger partial charge in [0.05, 0.1) is 6.04 Å². The summed E-state index contributed by atoms with van der Waals surface area (Å²) < 4.78 is 0. The van der Waals surface area contributed by atoms with Crippen LogP contribution in [-0.2, 0) is 0 Å². The van der Waals surface area contributed by atoms with Crippen molar-refractivity contribution >= 4 is 17.3 Å². The first-order valence-electron chi connectivity index (χ1n) is 6.52. The Kier molecular flexibility index (Phi) is 4.65. The third-order valence-corrected chi connectivity index (χ3v) is 3.82. The lowest BCUT2D eigenvalue weighted by Crippen LogP contribution is -2.29. The molecule has 0 aliphatic rings. The van der Waals surface area contributed by atoms with Gasteiger partial charge in [-0.3, -0.25) is 5.84 Å². The van der Waals surface area contributed by atoms with Crippen LogP contribution in [0.5, 0.6) is 0 Å². The molecule has 1 unspecified atom stereocenters. The first kappa shape index (κ1) is 14.9. The molecule has 0 bridgehead atoms. The summed E-state index contributed by atoms with van der Waals surface area (Å²) in [4.78, 5) is 2.07. The highest BCUT2D eigenvalue weighted by Crippen LogP contribution is 2.27. The fourth-order valence-electron chi connectivity index (χ4n) is 2.16. The summed E-state index contributed by atoms with van der Waals surface area (Å²) in [6, 6.07) is 14.2. The van der Waals surface area contributed by atoms with Crippen LogP contribution >= 0.6 is 11.6 Å². The van der Waals surface area contributed by atoms with E-state index in [9.17, 15) is 0 Å². The van der Waals surface area contributed by atoms with Gasteiger partial charge in [-0.25, -0.2) is 5.43 Å². The third-order valence-electron chi connectivity index (χ3n) is 3.42. The maximum absolute atomic E-state index is 6.21. The van der Waals surface area contributed by atoms with E-state index in [0.29, 0.717) is 0 Å². The molecule has 20 heavy (non-hydrogen) atoms. The Balaban J connectivity index is 2.41. The molecule has 0 aliphatic heterocycles. The summed E-state index contributed by atoms with van der Waals surface area (Å²) >= 11 is 6.21. The van der Waals surface area contributed by atoms with Crippen molar-refractivity contribution < 1.29 is 0 Å². The number of nitrogens with one attached hydrogen (secondary N) is 1. The number of aryl methyl sites for hydroxylation is 1. The Morgan fingerprint density at radius 2 is 1.80 bits per heavy atom. The lowest BCUT2D eigenvalue weighted by atomic mass is 9.98. The second-order valence-electron chi connectivity index (χ2n) is 5.10. The molecule has 3 nitrogen and oxygen atoms in total. The lowest BCUT2D eigenvalue weighted by Gasteiger charge is -2.20. The zero-order valence-corrected chi connectivity index (χ0v) is 12.8. The topological polar surface area (TPSA) is 41.3 Å². The molecule has 3 N–H and O–H groups in total. The average molecular weight is 290 g/mol.